The van der Waals surface area contributed by atoms with Crippen LogP contribution in [-0.4, -0.2) is 52.6 Å². The van der Waals surface area contributed by atoms with Crippen LogP contribution in [0.3, 0.4) is 0 Å². The van der Waals surface area contributed by atoms with Crippen molar-refractivity contribution in [3.8, 4) is 10.6 Å². The van der Waals surface area contributed by atoms with E-state index in [1.54, 1.807) is 22.7 Å². The average Bonchev–Trinajstić information content (AvgIpc) is 3.38. The lowest BCUT2D eigenvalue weighted by Crippen LogP contribution is -2.36. The van der Waals surface area contributed by atoms with Gasteiger partial charge in [-0.05, 0) is 31.2 Å². The van der Waals surface area contributed by atoms with Gasteiger partial charge in [0.15, 0.2) is 0 Å². The summed E-state index contributed by atoms with van der Waals surface area (Å²) in [5, 5.41) is 4.61. The van der Waals surface area contributed by atoms with Crippen molar-refractivity contribution in [2.24, 2.45) is 0 Å². The van der Waals surface area contributed by atoms with Crippen molar-refractivity contribution in [1.82, 2.24) is 14.8 Å². The first-order chi connectivity index (χ1) is 14.5. The number of imide groups is 1. The maximum atomic E-state index is 12.7. The van der Waals surface area contributed by atoms with Gasteiger partial charge in [-0.2, -0.15) is 0 Å². The molecular weight excluding hydrogens is 456 g/mol. The summed E-state index contributed by atoms with van der Waals surface area (Å²) < 4.78 is 1.10. The minimum Gasteiger partial charge on any atom is -0.316 e. The van der Waals surface area contributed by atoms with Gasteiger partial charge in [0.1, 0.15) is 16.6 Å². The van der Waals surface area contributed by atoms with Crippen LogP contribution in [0.2, 0.25) is 0 Å². The highest BCUT2D eigenvalue weighted by atomic mass is 35.5. The number of hydrogen-bond donors (Lipinski definition) is 1. The molecule has 1 aromatic carbocycles. The van der Waals surface area contributed by atoms with Gasteiger partial charge < -0.3 is 10.2 Å². The first-order valence-corrected chi connectivity index (χ1v) is 11.4. The van der Waals surface area contributed by atoms with E-state index < -0.39 is 0 Å². The quantitative estimate of drug-likeness (QED) is 0.582. The van der Waals surface area contributed by atoms with Crippen molar-refractivity contribution in [2.75, 3.05) is 25.5 Å². The van der Waals surface area contributed by atoms with Gasteiger partial charge in [-0.25, -0.2) is 4.98 Å². The minimum absolute atomic E-state index is 0. The number of thiazole rings is 1. The van der Waals surface area contributed by atoms with Crippen molar-refractivity contribution < 1.29 is 14.4 Å². The molecule has 4 heterocycles. The summed E-state index contributed by atoms with van der Waals surface area (Å²) in [4.78, 5) is 45.8. The molecule has 0 spiro atoms. The molecule has 3 aromatic rings. The summed E-state index contributed by atoms with van der Waals surface area (Å²) in [6.07, 6.45) is 1.26. The lowest BCUT2D eigenvalue weighted by molar-refractivity contribution is -0.141. The summed E-state index contributed by atoms with van der Waals surface area (Å²) in [6, 6.07) is 8.00. The standard InChI is InChI=1S/C21H20N4O3S2.ClH/c1-24-9-8-12-15(10-24)30-21(23-16(26)11-25-17(27)6-7-18(25)28)19(12)20-22-13-4-2-3-5-14(13)29-20;/h2-5H,6-11H2,1H3,(H,23,26);1H. The highest BCUT2D eigenvalue weighted by Crippen LogP contribution is 2.45. The molecule has 0 radical (unpaired) electrons. The van der Waals surface area contributed by atoms with Gasteiger partial charge in [-0.3, -0.25) is 19.3 Å². The van der Waals surface area contributed by atoms with Gasteiger partial charge in [0, 0.05) is 36.4 Å². The molecule has 2 aliphatic heterocycles. The number of aromatic nitrogens is 1. The summed E-state index contributed by atoms with van der Waals surface area (Å²) in [6.45, 7) is 1.54. The van der Waals surface area contributed by atoms with E-state index in [1.165, 1.54) is 10.4 Å². The second-order valence-electron chi connectivity index (χ2n) is 7.60. The number of nitrogens with one attached hydrogen (secondary N) is 1. The summed E-state index contributed by atoms with van der Waals surface area (Å²) in [7, 11) is 2.09. The fraction of sp³-hybridized carbons (Fsp3) is 0.333. The van der Waals surface area contributed by atoms with E-state index in [4.69, 9.17) is 4.98 Å². The third kappa shape index (κ3) is 4.10. The topological polar surface area (TPSA) is 82.6 Å². The second-order valence-corrected chi connectivity index (χ2v) is 9.74. The molecule has 5 rings (SSSR count). The number of likely N-dealkylation sites (tertiary alicyclic amines) is 1. The molecule has 1 fully saturated rings. The number of rotatable bonds is 4. The fourth-order valence-electron chi connectivity index (χ4n) is 3.93. The molecule has 1 N–H and O–H groups in total. The third-order valence-electron chi connectivity index (χ3n) is 5.46. The Bertz CT molecular complexity index is 1140. The smallest absolute Gasteiger partial charge is 0.245 e. The summed E-state index contributed by atoms with van der Waals surface area (Å²) >= 11 is 3.18. The van der Waals surface area contributed by atoms with Gasteiger partial charge in [-0.15, -0.1) is 35.1 Å². The van der Waals surface area contributed by atoms with Crippen LogP contribution >= 0.6 is 35.1 Å². The monoisotopic (exact) mass is 476 g/mol. The molecule has 31 heavy (non-hydrogen) atoms. The summed E-state index contributed by atoms with van der Waals surface area (Å²) in [5.74, 6) is -0.921. The number of benzene rings is 1. The molecule has 3 amide bonds. The van der Waals surface area contributed by atoms with E-state index in [1.807, 2.05) is 24.3 Å². The Morgan fingerprint density at radius 1 is 1.13 bits per heavy atom. The maximum Gasteiger partial charge on any atom is 0.245 e. The normalized spacial score (nSPS) is 16.5. The zero-order valence-corrected chi connectivity index (χ0v) is 19.3. The van der Waals surface area contributed by atoms with Crippen molar-refractivity contribution in [1.29, 1.82) is 0 Å². The molecule has 7 nitrogen and oxygen atoms in total. The maximum absolute atomic E-state index is 12.7. The van der Waals surface area contributed by atoms with Crippen molar-refractivity contribution in [3.05, 3.63) is 34.7 Å². The number of likely N-dealkylation sites (N-methyl/N-ethyl adjacent to an activating group) is 1. The van der Waals surface area contributed by atoms with Gasteiger partial charge >= 0.3 is 0 Å². The number of carbonyl (C=O) groups excluding carboxylic acids is 3. The number of amides is 3. The van der Waals surface area contributed by atoms with Crippen molar-refractivity contribution in [3.63, 3.8) is 0 Å². The predicted molar refractivity (Wildman–Crippen MR) is 125 cm³/mol. The molecule has 0 saturated carbocycles. The number of fused-ring (bicyclic) bond motifs is 2. The van der Waals surface area contributed by atoms with E-state index >= 15 is 0 Å². The lowest BCUT2D eigenvalue weighted by Gasteiger charge is -2.22. The zero-order chi connectivity index (χ0) is 20.8. The highest BCUT2D eigenvalue weighted by Gasteiger charge is 2.32. The molecule has 162 valence electrons. The lowest BCUT2D eigenvalue weighted by atomic mass is 10.0. The van der Waals surface area contributed by atoms with Crippen LogP contribution in [0.4, 0.5) is 5.00 Å². The van der Waals surface area contributed by atoms with Crippen LogP contribution < -0.4 is 5.32 Å². The van der Waals surface area contributed by atoms with Gasteiger partial charge in [-0.1, -0.05) is 12.1 Å². The van der Waals surface area contributed by atoms with Crippen molar-refractivity contribution >= 4 is 68.0 Å². The second kappa shape index (κ2) is 8.66. The third-order valence-corrected chi connectivity index (χ3v) is 7.65. The Hall–Kier alpha value is -2.33. The Morgan fingerprint density at radius 2 is 1.87 bits per heavy atom. The van der Waals surface area contributed by atoms with Gasteiger partial charge in [0.05, 0.1) is 10.2 Å². The van der Waals surface area contributed by atoms with Gasteiger partial charge in [0.2, 0.25) is 17.7 Å². The predicted octanol–water partition coefficient (Wildman–Crippen LogP) is 3.52. The van der Waals surface area contributed by atoms with E-state index in [0.29, 0.717) is 0 Å². The number of nitrogens with zero attached hydrogens (tertiary/aromatic N) is 3. The summed E-state index contributed by atoms with van der Waals surface area (Å²) in [5.41, 5.74) is 3.16. The Balaban J connectivity index is 0.00000231. The molecule has 0 bridgehead atoms. The van der Waals surface area contributed by atoms with E-state index in [0.717, 1.165) is 50.2 Å². The highest BCUT2D eigenvalue weighted by molar-refractivity contribution is 7.22. The number of halogens is 1. The van der Waals surface area contributed by atoms with Crippen LogP contribution in [-0.2, 0) is 27.3 Å². The molecule has 0 atom stereocenters. The Kier molecular flexibility index (Phi) is 6.11. The molecule has 1 saturated heterocycles. The number of carbonyl (C=O) groups is 3. The Morgan fingerprint density at radius 3 is 2.61 bits per heavy atom. The number of anilines is 1. The molecule has 0 unspecified atom stereocenters. The van der Waals surface area contributed by atoms with Crippen LogP contribution in [0.25, 0.3) is 20.8 Å². The minimum atomic E-state index is -0.354. The first-order valence-electron chi connectivity index (χ1n) is 9.81. The largest absolute Gasteiger partial charge is 0.316 e. The number of thiophene rings is 1. The molecule has 2 aliphatic rings. The first kappa shape index (κ1) is 21.9. The van der Waals surface area contributed by atoms with E-state index in [2.05, 4.69) is 17.3 Å². The zero-order valence-electron chi connectivity index (χ0n) is 16.8. The van der Waals surface area contributed by atoms with Crippen molar-refractivity contribution in [2.45, 2.75) is 25.8 Å². The van der Waals surface area contributed by atoms with Gasteiger partial charge in [0.25, 0.3) is 0 Å². The van der Waals surface area contributed by atoms with Crippen LogP contribution in [0, 0.1) is 0 Å². The molecule has 0 aliphatic carbocycles. The fourth-order valence-corrected chi connectivity index (χ4v) is 6.39. The van der Waals surface area contributed by atoms with E-state index in [-0.39, 0.29) is 49.5 Å². The number of para-hydroxylation sites is 1. The average molecular weight is 477 g/mol. The Labute approximate surface area is 193 Å². The SMILES string of the molecule is CN1CCc2c(sc(NC(=O)CN3C(=O)CCC3=O)c2-c2nc3ccccc3s2)C1.Cl. The van der Waals surface area contributed by atoms with Crippen LogP contribution in [0.15, 0.2) is 24.3 Å². The number of hydrogen-bond acceptors (Lipinski definition) is 7. The van der Waals surface area contributed by atoms with Crippen LogP contribution in [0.1, 0.15) is 23.3 Å². The van der Waals surface area contributed by atoms with Crippen LogP contribution in [0.5, 0.6) is 0 Å². The van der Waals surface area contributed by atoms with E-state index in [9.17, 15) is 14.4 Å². The molecular formula is C21H21ClN4O3S2. The molecule has 10 heteroatoms. The molecule has 2 aromatic heterocycles.